The molecule has 2 aromatic rings. The van der Waals surface area contributed by atoms with Crippen molar-refractivity contribution in [3.05, 3.63) is 51.2 Å². The van der Waals surface area contributed by atoms with E-state index >= 15 is 0 Å². The monoisotopic (exact) mass is 294 g/mol. The Bertz CT molecular complexity index is 569. The zero-order valence-corrected chi connectivity index (χ0v) is 12.3. The Morgan fingerprint density at radius 2 is 2.16 bits per heavy atom. The summed E-state index contributed by atoms with van der Waals surface area (Å²) >= 11 is 7.56. The molecule has 2 N–H and O–H groups in total. The van der Waals surface area contributed by atoms with Crippen LogP contribution in [0.5, 0.6) is 0 Å². The lowest BCUT2D eigenvalue weighted by molar-refractivity contribution is 0.0941. The van der Waals surface area contributed by atoms with Gasteiger partial charge in [0.2, 0.25) is 0 Å². The number of hydrogen-bond donors (Lipinski definition) is 2. The van der Waals surface area contributed by atoms with Gasteiger partial charge in [0.05, 0.1) is 11.6 Å². The number of anilines is 1. The average Bonchev–Trinajstić information content (AvgIpc) is 2.92. The number of rotatable bonds is 4. The van der Waals surface area contributed by atoms with Crippen molar-refractivity contribution in [3.63, 3.8) is 0 Å². The molecular weight excluding hydrogens is 280 g/mol. The highest BCUT2D eigenvalue weighted by Gasteiger charge is 2.15. The molecule has 19 heavy (non-hydrogen) atoms. The largest absolute Gasteiger partial charge is 0.387 e. The van der Waals surface area contributed by atoms with Crippen LogP contribution in [0.3, 0.4) is 0 Å². The molecule has 0 saturated heterocycles. The number of carbonyl (C=O) groups is 1. The second-order valence-corrected chi connectivity index (χ2v) is 5.41. The van der Waals surface area contributed by atoms with E-state index in [0.717, 1.165) is 11.3 Å². The molecule has 0 aliphatic heterocycles. The quantitative estimate of drug-likeness (QED) is 0.897. The Balaban J connectivity index is 2.18. The van der Waals surface area contributed by atoms with Crippen LogP contribution in [-0.2, 0) is 0 Å². The maximum Gasteiger partial charge on any atom is 0.253 e. The molecule has 0 fully saturated rings. The lowest BCUT2D eigenvalue weighted by Crippen LogP contribution is -2.27. The fourth-order valence-corrected chi connectivity index (χ4v) is 2.73. The minimum atomic E-state index is -0.134. The van der Waals surface area contributed by atoms with E-state index in [1.165, 1.54) is 0 Å². The van der Waals surface area contributed by atoms with Crippen LogP contribution in [-0.4, -0.2) is 13.0 Å². The van der Waals surface area contributed by atoms with E-state index in [0.29, 0.717) is 10.6 Å². The molecule has 1 aromatic carbocycles. The van der Waals surface area contributed by atoms with Gasteiger partial charge in [-0.2, -0.15) is 11.3 Å². The van der Waals surface area contributed by atoms with Gasteiger partial charge in [-0.25, -0.2) is 0 Å². The van der Waals surface area contributed by atoms with Crippen LogP contribution in [0.1, 0.15) is 28.9 Å². The Labute approximate surface area is 121 Å². The third-order valence-corrected chi connectivity index (χ3v) is 3.82. The molecule has 0 aliphatic rings. The standard InChI is InChI=1S/C14H15ClN2OS/c1-9(10-5-6-19-8-10)17-14(18)12-7-11(15)3-4-13(12)16-2/h3-9,16H,1-2H3,(H,17,18). The van der Waals surface area contributed by atoms with Crippen LogP contribution in [0.15, 0.2) is 35.0 Å². The molecule has 0 saturated carbocycles. The van der Waals surface area contributed by atoms with Gasteiger partial charge in [0.15, 0.2) is 0 Å². The van der Waals surface area contributed by atoms with E-state index in [4.69, 9.17) is 11.6 Å². The number of halogens is 1. The Morgan fingerprint density at radius 1 is 1.37 bits per heavy atom. The number of carbonyl (C=O) groups excluding carboxylic acids is 1. The lowest BCUT2D eigenvalue weighted by atomic mass is 10.1. The SMILES string of the molecule is CNc1ccc(Cl)cc1C(=O)NC(C)c1ccsc1. The third kappa shape index (κ3) is 3.28. The topological polar surface area (TPSA) is 41.1 Å². The first kappa shape index (κ1) is 13.9. The zero-order valence-electron chi connectivity index (χ0n) is 10.7. The fourth-order valence-electron chi connectivity index (χ4n) is 1.80. The molecule has 1 amide bonds. The van der Waals surface area contributed by atoms with Crippen molar-refractivity contribution < 1.29 is 4.79 Å². The van der Waals surface area contributed by atoms with E-state index in [-0.39, 0.29) is 11.9 Å². The summed E-state index contributed by atoms with van der Waals surface area (Å²) in [5.41, 5.74) is 2.42. The smallest absolute Gasteiger partial charge is 0.253 e. The summed E-state index contributed by atoms with van der Waals surface area (Å²) in [4.78, 5) is 12.3. The molecule has 1 aromatic heterocycles. The van der Waals surface area contributed by atoms with E-state index in [1.54, 1.807) is 36.6 Å². The minimum Gasteiger partial charge on any atom is -0.387 e. The number of amides is 1. The number of hydrogen-bond acceptors (Lipinski definition) is 3. The second-order valence-electron chi connectivity index (χ2n) is 4.19. The number of nitrogens with one attached hydrogen (secondary N) is 2. The highest BCUT2D eigenvalue weighted by atomic mass is 35.5. The molecule has 2 rings (SSSR count). The molecule has 0 aliphatic carbocycles. The summed E-state index contributed by atoms with van der Waals surface area (Å²) in [6, 6.07) is 7.21. The van der Waals surface area contributed by atoms with Crippen molar-refractivity contribution in [1.82, 2.24) is 5.32 Å². The fraction of sp³-hybridized carbons (Fsp3) is 0.214. The molecular formula is C14H15ClN2OS. The minimum absolute atomic E-state index is 0.0255. The number of thiophene rings is 1. The summed E-state index contributed by atoms with van der Waals surface area (Å²) in [7, 11) is 1.78. The predicted octanol–water partition coefficient (Wildman–Crippen LogP) is 3.93. The highest BCUT2D eigenvalue weighted by Crippen LogP contribution is 2.22. The van der Waals surface area contributed by atoms with Crippen molar-refractivity contribution in [2.24, 2.45) is 0 Å². The molecule has 1 unspecified atom stereocenters. The van der Waals surface area contributed by atoms with Crippen LogP contribution < -0.4 is 10.6 Å². The molecule has 0 bridgehead atoms. The molecule has 1 atom stereocenters. The highest BCUT2D eigenvalue weighted by molar-refractivity contribution is 7.07. The summed E-state index contributed by atoms with van der Waals surface area (Å²) in [5.74, 6) is -0.134. The van der Waals surface area contributed by atoms with Gasteiger partial charge >= 0.3 is 0 Å². The van der Waals surface area contributed by atoms with Crippen LogP contribution in [0.25, 0.3) is 0 Å². The summed E-state index contributed by atoms with van der Waals surface area (Å²) in [6.07, 6.45) is 0. The zero-order chi connectivity index (χ0) is 13.8. The summed E-state index contributed by atoms with van der Waals surface area (Å²) < 4.78 is 0. The maximum absolute atomic E-state index is 12.3. The first-order chi connectivity index (χ1) is 9.11. The van der Waals surface area contributed by atoms with Crippen molar-refractivity contribution in [2.45, 2.75) is 13.0 Å². The van der Waals surface area contributed by atoms with E-state index in [9.17, 15) is 4.79 Å². The van der Waals surface area contributed by atoms with Gasteiger partial charge in [-0.3, -0.25) is 4.79 Å². The summed E-state index contributed by atoms with van der Waals surface area (Å²) in [5, 5.41) is 10.5. The van der Waals surface area contributed by atoms with Gasteiger partial charge in [-0.15, -0.1) is 0 Å². The predicted molar refractivity (Wildman–Crippen MR) is 81.2 cm³/mol. The molecule has 3 nitrogen and oxygen atoms in total. The van der Waals surface area contributed by atoms with Crippen molar-refractivity contribution in [1.29, 1.82) is 0 Å². The van der Waals surface area contributed by atoms with Crippen molar-refractivity contribution in [2.75, 3.05) is 12.4 Å². The van der Waals surface area contributed by atoms with E-state index < -0.39 is 0 Å². The molecule has 5 heteroatoms. The van der Waals surface area contributed by atoms with Crippen molar-refractivity contribution in [3.8, 4) is 0 Å². The normalized spacial score (nSPS) is 11.9. The van der Waals surface area contributed by atoms with Gasteiger partial charge in [0.1, 0.15) is 0 Å². The first-order valence-electron chi connectivity index (χ1n) is 5.92. The summed E-state index contributed by atoms with van der Waals surface area (Å²) in [6.45, 7) is 1.96. The van der Waals surface area contributed by atoms with Gasteiger partial charge in [-0.05, 0) is 47.5 Å². The molecule has 1 heterocycles. The third-order valence-electron chi connectivity index (χ3n) is 2.89. The van der Waals surface area contributed by atoms with Crippen LogP contribution in [0.2, 0.25) is 5.02 Å². The molecule has 0 radical (unpaired) electrons. The average molecular weight is 295 g/mol. The van der Waals surface area contributed by atoms with Crippen LogP contribution in [0, 0.1) is 0 Å². The maximum atomic E-state index is 12.3. The van der Waals surface area contributed by atoms with Crippen LogP contribution >= 0.6 is 22.9 Å². The van der Waals surface area contributed by atoms with E-state index in [1.807, 2.05) is 23.8 Å². The Hall–Kier alpha value is -1.52. The van der Waals surface area contributed by atoms with Gasteiger partial charge in [-0.1, -0.05) is 11.6 Å². The van der Waals surface area contributed by atoms with Gasteiger partial charge in [0, 0.05) is 17.8 Å². The van der Waals surface area contributed by atoms with Gasteiger partial charge in [0.25, 0.3) is 5.91 Å². The number of benzene rings is 1. The Kier molecular flexibility index (Phi) is 4.45. The molecule has 100 valence electrons. The van der Waals surface area contributed by atoms with E-state index in [2.05, 4.69) is 10.6 Å². The Morgan fingerprint density at radius 3 is 2.79 bits per heavy atom. The second kappa shape index (κ2) is 6.08. The molecule has 0 spiro atoms. The van der Waals surface area contributed by atoms with Crippen LogP contribution in [0.4, 0.5) is 5.69 Å². The van der Waals surface area contributed by atoms with Gasteiger partial charge < -0.3 is 10.6 Å². The first-order valence-corrected chi connectivity index (χ1v) is 7.24. The van der Waals surface area contributed by atoms with Crippen molar-refractivity contribution >= 4 is 34.5 Å². The lowest BCUT2D eigenvalue weighted by Gasteiger charge is -2.15.